The molecule has 0 N–H and O–H groups in total. The van der Waals surface area contributed by atoms with Crippen molar-refractivity contribution in [2.75, 3.05) is 18.1 Å². The van der Waals surface area contributed by atoms with Gasteiger partial charge in [-0.2, -0.15) is 5.26 Å². The Labute approximate surface area is 232 Å². The standard InChI is InChI=1S/C27H21Cl2NO5S2/c1-2-35-26(34)27(14-30)19(15-3-7-17(28)8-4-15)13-20(31)21(25-36-11-12-37-25)24(33)22(27)23(32)16-5-9-18(29)10-6-16/h3-10,19,22H,2,11-13H2,1H3/t19-,22+,27-/m1/s1. The first-order valence-corrected chi connectivity index (χ1v) is 14.2. The Balaban J connectivity index is 2.04. The van der Waals surface area contributed by atoms with Crippen molar-refractivity contribution in [1.82, 2.24) is 0 Å². The molecule has 1 aliphatic carbocycles. The molecule has 2 aromatic rings. The summed E-state index contributed by atoms with van der Waals surface area (Å²) in [4.78, 5) is 55.6. The quantitative estimate of drug-likeness (QED) is 0.109. The fourth-order valence-corrected chi connectivity index (χ4v) is 7.53. The number of rotatable bonds is 5. The predicted octanol–water partition coefficient (Wildman–Crippen LogP) is 5.88. The van der Waals surface area contributed by atoms with Gasteiger partial charge in [-0.3, -0.25) is 19.2 Å². The molecule has 0 spiro atoms. The van der Waals surface area contributed by atoms with E-state index in [0.29, 0.717) is 31.4 Å². The molecule has 1 heterocycles. The third-order valence-corrected chi connectivity index (χ3v) is 9.62. The van der Waals surface area contributed by atoms with E-state index < -0.39 is 40.6 Å². The van der Waals surface area contributed by atoms with E-state index in [2.05, 4.69) is 0 Å². The number of hydrogen-bond acceptors (Lipinski definition) is 8. The van der Waals surface area contributed by atoms with Crippen molar-refractivity contribution in [2.24, 2.45) is 11.3 Å². The van der Waals surface area contributed by atoms with Crippen molar-refractivity contribution in [2.45, 2.75) is 19.3 Å². The van der Waals surface area contributed by atoms with Crippen molar-refractivity contribution < 1.29 is 23.9 Å². The molecule has 190 valence electrons. The molecule has 0 unspecified atom stereocenters. The minimum atomic E-state index is -2.30. The zero-order valence-corrected chi connectivity index (χ0v) is 22.8. The summed E-state index contributed by atoms with van der Waals surface area (Å²) < 4.78 is 5.85. The topological polar surface area (TPSA) is 101 Å². The highest BCUT2D eigenvalue weighted by Gasteiger charge is 2.63. The fraction of sp³-hybridized carbons (Fsp3) is 0.296. The second-order valence-corrected chi connectivity index (χ2v) is 11.8. The van der Waals surface area contributed by atoms with Gasteiger partial charge in [0.1, 0.15) is 5.92 Å². The van der Waals surface area contributed by atoms with Gasteiger partial charge < -0.3 is 4.74 Å². The van der Waals surface area contributed by atoms with E-state index in [1.165, 1.54) is 47.8 Å². The van der Waals surface area contributed by atoms with Crippen LogP contribution in [0.1, 0.15) is 35.2 Å². The second kappa shape index (κ2) is 11.4. The van der Waals surface area contributed by atoms with E-state index in [1.807, 2.05) is 6.07 Å². The van der Waals surface area contributed by atoms with Crippen LogP contribution < -0.4 is 0 Å². The number of thioether (sulfide) groups is 2. The number of hydrogen-bond donors (Lipinski definition) is 0. The molecule has 1 saturated carbocycles. The van der Waals surface area contributed by atoms with Gasteiger partial charge in [0.05, 0.1) is 22.5 Å². The molecule has 0 aromatic heterocycles. The average molecular weight is 575 g/mol. The number of nitrogens with zero attached hydrogens (tertiary/aromatic N) is 1. The Morgan fingerprint density at radius 3 is 2.14 bits per heavy atom. The van der Waals surface area contributed by atoms with Crippen molar-refractivity contribution >= 4 is 70.0 Å². The third-order valence-electron chi connectivity index (χ3n) is 6.40. The van der Waals surface area contributed by atoms with E-state index in [0.717, 1.165) is 0 Å². The van der Waals surface area contributed by atoms with Gasteiger partial charge in [-0.25, -0.2) is 0 Å². The maximum absolute atomic E-state index is 14.2. The highest BCUT2D eigenvalue weighted by atomic mass is 35.5. The smallest absolute Gasteiger partial charge is 0.328 e. The number of esters is 1. The number of carbonyl (C=O) groups is 4. The van der Waals surface area contributed by atoms with Crippen molar-refractivity contribution in [1.29, 1.82) is 5.26 Å². The van der Waals surface area contributed by atoms with Crippen LogP contribution in [0.15, 0.2) is 58.3 Å². The summed E-state index contributed by atoms with van der Waals surface area (Å²) in [6, 6.07) is 14.2. The van der Waals surface area contributed by atoms with Crippen LogP contribution in [-0.2, 0) is 19.1 Å². The van der Waals surface area contributed by atoms with Crippen molar-refractivity contribution in [3.05, 3.63) is 79.5 Å². The molecule has 2 aliphatic rings. The van der Waals surface area contributed by atoms with Gasteiger partial charge >= 0.3 is 5.97 Å². The van der Waals surface area contributed by atoms with Crippen LogP contribution in [0.25, 0.3) is 0 Å². The van der Waals surface area contributed by atoms with Gasteiger partial charge in [0, 0.05) is 39.5 Å². The first-order valence-electron chi connectivity index (χ1n) is 11.5. The van der Waals surface area contributed by atoms with Crippen LogP contribution in [0.5, 0.6) is 0 Å². The van der Waals surface area contributed by atoms with E-state index in [4.69, 9.17) is 27.9 Å². The van der Waals surface area contributed by atoms with Gasteiger partial charge in [-0.15, -0.1) is 23.5 Å². The molecule has 2 aromatic carbocycles. The van der Waals surface area contributed by atoms with E-state index in [9.17, 15) is 24.4 Å². The lowest BCUT2D eigenvalue weighted by Gasteiger charge is -2.35. The summed E-state index contributed by atoms with van der Waals surface area (Å²) in [7, 11) is 0. The number of Topliss-reactive ketones (excluding diaryl/α,β-unsaturated/α-hetero) is 3. The SMILES string of the molecule is CCOC(=O)[C@@]1(C#N)[C@@H](C(=O)c2ccc(Cl)cc2)C(=O)C(=C2SCCS2)C(=O)C[C@@H]1c1ccc(Cl)cc1. The summed E-state index contributed by atoms with van der Waals surface area (Å²) in [5, 5.41) is 11.5. The second-order valence-electron chi connectivity index (χ2n) is 8.46. The summed E-state index contributed by atoms with van der Waals surface area (Å²) in [6.07, 6.45) is -0.329. The molecule has 0 amide bonds. The number of benzene rings is 2. The highest BCUT2D eigenvalue weighted by molar-refractivity contribution is 8.25. The molecular formula is C27H21Cl2NO5S2. The maximum atomic E-state index is 14.2. The molecule has 1 aliphatic heterocycles. The lowest BCUT2D eigenvalue weighted by atomic mass is 9.62. The predicted molar refractivity (Wildman–Crippen MR) is 145 cm³/mol. The Kier molecular flexibility index (Phi) is 8.49. The maximum Gasteiger partial charge on any atom is 0.328 e. The summed E-state index contributed by atoms with van der Waals surface area (Å²) in [5.41, 5.74) is -1.91. The molecular weight excluding hydrogens is 553 g/mol. The van der Waals surface area contributed by atoms with Gasteiger partial charge in [0.2, 0.25) is 0 Å². The molecule has 0 bridgehead atoms. The first kappa shape index (κ1) is 27.5. The lowest BCUT2D eigenvalue weighted by molar-refractivity contribution is -0.157. The lowest BCUT2D eigenvalue weighted by Crippen LogP contribution is -2.49. The Hall–Kier alpha value is -2.57. The summed E-state index contributed by atoms with van der Waals surface area (Å²) in [5.74, 6) is -4.69. The zero-order valence-electron chi connectivity index (χ0n) is 19.7. The van der Waals surface area contributed by atoms with E-state index in [-0.39, 0.29) is 24.2 Å². The van der Waals surface area contributed by atoms with Gasteiger partial charge in [0.15, 0.2) is 22.8 Å². The first-order chi connectivity index (χ1) is 17.7. The van der Waals surface area contributed by atoms with Crippen LogP contribution in [0, 0.1) is 22.7 Å². The van der Waals surface area contributed by atoms with Crippen LogP contribution >= 0.6 is 46.7 Å². The van der Waals surface area contributed by atoms with E-state index in [1.54, 1.807) is 31.2 Å². The van der Waals surface area contributed by atoms with Crippen LogP contribution in [-0.4, -0.2) is 41.4 Å². The molecule has 4 rings (SSSR count). The number of allylic oxidation sites excluding steroid dienone is 1. The van der Waals surface area contributed by atoms with Crippen LogP contribution in [0.3, 0.4) is 0 Å². The number of nitriles is 1. The summed E-state index contributed by atoms with van der Waals surface area (Å²) >= 11 is 14.8. The Morgan fingerprint density at radius 1 is 1.03 bits per heavy atom. The highest BCUT2D eigenvalue weighted by Crippen LogP contribution is 2.52. The average Bonchev–Trinajstić information content (AvgIpc) is 3.38. The zero-order chi connectivity index (χ0) is 26.7. The van der Waals surface area contributed by atoms with E-state index >= 15 is 0 Å². The Bertz CT molecular complexity index is 1330. The normalized spacial score (nSPS) is 23.9. The Morgan fingerprint density at radius 2 is 1.59 bits per heavy atom. The van der Waals surface area contributed by atoms with Crippen LogP contribution in [0.2, 0.25) is 10.0 Å². The molecule has 0 radical (unpaired) electrons. The monoisotopic (exact) mass is 573 g/mol. The van der Waals surface area contributed by atoms with Gasteiger partial charge in [-0.1, -0.05) is 35.3 Å². The fourth-order valence-electron chi connectivity index (χ4n) is 4.69. The largest absolute Gasteiger partial charge is 0.465 e. The third kappa shape index (κ3) is 5.10. The molecule has 6 nitrogen and oxygen atoms in total. The number of ether oxygens (including phenoxy) is 1. The van der Waals surface area contributed by atoms with Gasteiger partial charge in [-0.05, 0) is 48.9 Å². The number of halogens is 2. The summed E-state index contributed by atoms with van der Waals surface area (Å²) in [6.45, 7) is 1.48. The van der Waals surface area contributed by atoms with Gasteiger partial charge in [0.25, 0.3) is 0 Å². The molecule has 10 heteroatoms. The van der Waals surface area contributed by atoms with Crippen LogP contribution in [0.4, 0.5) is 0 Å². The van der Waals surface area contributed by atoms with Crippen molar-refractivity contribution in [3.8, 4) is 6.07 Å². The van der Waals surface area contributed by atoms with Crippen molar-refractivity contribution in [3.63, 3.8) is 0 Å². The number of ketones is 3. The molecule has 1 saturated heterocycles. The molecule has 37 heavy (non-hydrogen) atoms. The minimum Gasteiger partial charge on any atom is -0.465 e. The minimum absolute atomic E-state index is 0.0841. The number of carbonyl (C=O) groups excluding carboxylic acids is 4. The molecule has 2 fully saturated rings. The molecule has 3 atom stereocenters.